The van der Waals surface area contributed by atoms with Crippen LogP contribution >= 0.6 is 34.7 Å². The fourth-order valence-electron chi connectivity index (χ4n) is 5.21. The summed E-state index contributed by atoms with van der Waals surface area (Å²) in [6.07, 6.45) is 1.73. The van der Waals surface area contributed by atoms with E-state index in [-0.39, 0.29) is 22.2 Å². The number of methoxy groups -OCH3 is 3. The van der Waals surface area contributed by atoms with Crippen molar-refractivity contribution in [1.82, 2.24) is 19.6 Å². The number of hydrogen-bond acceptors (Lipinski definition) is 11. The average Bonchev–Trinajstić information content (AvgIpc) is 3.73. The molecule has 1 fully saturated rings. The normalized spacial score (nSPS) is 16.0. The molecule has 1 aliphatic rings. The Labute approximate surface area is 271 Å². The third-order valence-electron chi connectivity index (χ3n) is 7.25. The summed E-state index contributed by atoms with van der Waals surface area (Å²) in [6, 6.07) is 15.0. The second-order valence-corrected chi connectivity index (χ2v) is 12.5. The van der Waals surface area contributed by atoms with Crippen LogP contribution in [0.25, 0.3) is 11.4 Å². The van der Waals surface area contributed by atoms with Gasteiger partial charge in [0.15, 0.2) is 21.6 Å². The van der Waals surface area contributed by atoms with Crippen molar-refractivity contribution >= 4 is 62.9 Å². The molecular formula is C31H26ClN5O6S2. The van der Waals surface area contributed by atoms with Crippen LogP contribution in [-0.4, -0.2) is 57.7 Å². The molecule has 0 saturated carbocycles. The first-order chi connectivity index (χ1) is 21.7. The fraction of sp³-hybridized carbons (Fsp3) is 0.194. The first-order valence-electron chi connectivity index (χ1n) is 13.5. The molecule has 45 heavy (non-hydrogen) atoms. The highest BCUT2D eigenvalue weighted by Crippen LogP contribution is 2.48. The van der Waals surface area contributed by atoms with Crippen LogP contribution in [0.1, 0.15) is 28.6 Å². The highest BCUT2D eigenvalue weighted by Gasteiger charge is 2.49. The Morgan fingerprint density at radius 2 is 1.73 bits per heavy atom. The predicted molar refractivity (Wildman–Crippen MR) is 172 cm³/mol. The molecule has 1 N–H and O–H groups in total. The van der Waals surface area contributed by atoms with Crippen molar-refractivity contribution in [1.29, 1.82) is 0 Å². The van der Waals surface area contributed by atoms with Crippen molar-refractivity contribution in [2.24, 2.45) is 0 Å². The highest BCUT2D eigenvalue weighted by atomic mass is 35.5. The van der Waals surface area contributed by atoms with Gasteiger partial charge >= 0.3 is 5.91 Å². The van der Waals surface area contributed by atoms with Gasteiger partial charge in [-0.25, -0.2) is 4.98 Å². The van der Waals surface area contributed by atoms with Crippen molar-refractivity contribution in [3.63, 3.8) is 0 Å². The van der Waals surface area contributed by atoms with Crippen LogP contribution in [-0.2, 0) is 15.3 Å². The van der Waals surface area contributed by atoms with E-state index in [9.17, 15) is 14.7 Å². The summed E-state index contributed by atoms with van der Waals surface area (Å²) >= 11 is 8.61. The van der Waals surface area contributed by atoms with Crippen LogP contribution in [0.15, 0.2) is 70.7 Å². The van der Waals surface area contributed by atoms with Gasteiger partial charge in [0.2, 0.25) is 10.9 Å². The number of carbonyl (C=O) groups excluding carboxylic acids is 2. The second kappa shape index (κ2) is 12.4. The van der Waals surface area contributed by atoms with E-state index in [0.717, 1.165) is 16.9 Å². The summed E-state index contributed by atoms with van der Waals surface area (Å²) in [5.41, 5.74) is 2.64. The van der Waals surface area contributed by atoms with E-state index in [1.165, 1.54) is 38.0 Å². The van der Waals surface area contributed by atoms with Gasteiger partial charge in [-0.2, -0.15) is 0 Å². The molecule has 14 heteroatoms. The molecule has 6 rings (SSSR count). The number of anilines is 1. The number of aromatic nitrogens is 4. The third-order valence-corrected chi connectivity index (χ3v) is 9.63. The van der Waals surface area contributed by atoms with Gasteiger partial charge in [-0.05, 0) is 54.4 Å². The van der Waals surface area contributed by atoms with E-state index >= 15 is 0 Å². The molecule has 11 nitrogen and oxygen atoms in total. The smallest absolute Gasteiger partial charge is 0.301 e. The summed E-state index contributed by atoms with van der Waals surface area (Å²) in [7, 11) is 4.41. The van der Waals surface area contributed by atoms with Crippen LogP contribution in [0, 0.1) is 6.92 Å². The van der Waals surface area contributed by atoms with Gasteiger partial charge in [-0.15, -0.1) is 10.2 Å². The monoisotopic (exact) mass is 663 g/mol. The van der Waals surface area contributed by atoms with E-state index < -0.39 is 17.7 Å². The Morgan fingerprint density at radius 3 is 2.40 bits per heavy atom. The maximum absolute atomic E-state index is 13.8. The number of aliphatic hydroxyl groups excluding tert-OH is 1. The molecule has 0 aliphatic carbocycles. The van der Waals surface area contributed by atoms with Crippen molar-refractivity contribution in [2.45, 2.75) is 23.1 Å². The number of aliphatic hydroxyl groups is 1. The number of nitrogens with zero attached hydrogens (tertiary/aromatic N) is 5. The number of halogens is 1. The van der Waals surface area contributed by atoms with Crippen molar-refractivity contribution < 1.29 is 28.9 Å². The van der Waals surface area contributed by atoms with Crippen LogP contribution in [0.2, 0.25) is 5.02 Å². The van der Waals surface area contributed by atoms with Gasteiger partial charge in [-0.3, -0.25) is 18.9 Å². The molecule has 1 atom stereocenters. The maximum atomic E-state index is 13.8. The molecule has 5 aromatic rings. The lowest BCUT2D eigenvalue weighted by Gasteiger charge is -2.24. The summed E-state index contributed by atoms with van der Waals surface area (Å²) < 4.78 is 18.9. The average molecular weight is 664 g/mol. The largest absolute Gasteiger partial charge is 0.505 e. The molecular weight excluding hydrogens is 638 g/mol. The molecule has 0 bridgehead atoms. The van der Waals surface area contributed by atoms with E-state index in [2.05, 4.69) is 15.2 Å². The second-order valence-electron chi connectivity index (χ2n) is 9.87. The lowest BCUT2D eigenvalue weighted by molar-refractivity contribution is -0.132. The van der Waals surface area contributed by atoms with Crippen LogP contribution in [0.4, 0.5) is 5.13 Å². The van der Waals surface area contributed by atoms with E-state index in [1.54, 1.807) is 41.8 Å². The van der Waals surface area contributed by atoms with Crippen LogP contribution in [0.5, 0.6) is 17.2 Å². The number of benzene rings is 2. The molecule has 1 saturated heterocycles. The SMILES string of the molecule is COc1cc(C2/C(=C(\O)c3c(C)nc4ccccn34)C(=O)C(=O)N2c2nnc(SCc3ccc(Cl)cc3)s2)cc(OC)c1OC. The topological polar surface area (TPSA) is 128 Å². The standard InChI is InChI=1S/C31H26ClN5O6S2/c1-16-24(36-12-6-5-7-22(36)33-16)26(38)23-25(18-13-20(41-2)28(43-4)21(14-18)42-3)37(29(40)27(23)39)30-34-35-31(45-30)44-15-17-8-10-19(32)11-9-17/h5-14,25,38H,15H2,1-4H3/b26-23+. The minimum absolute atomic E-state index is 0.145. The van der Waals surface area contributed by atoms with Gasteiger partial charge in [0.25, 0.3) is 5.78 Å². The number of Topliss-reactive ketones (excluding diaryl/α,β-unsaturated/α-hetero) is 1. The molecule has 2 aromatic carbocycles. The first-order valence-corrected chi connectivity index (χ1v) is 15.7. The molecule has 1 aliphatic heterocycles. The number of rotatable bonds is 9. The molecule has 4 heterocycles. The molecule has 0 radical (unpaired) electrons. The number of aryl methyl sites for hydroxylation is 1. The minimum atomic E-state index is -1.12. The Hall–Kier alpha value is -4.59. The van der Waals surface area contributed by atoms with E-state index in [1.807, 2.05) is 30.3 Å². The summed E-state index contributed by atoms with van der Waals surface area (Å²) in [6.45, 7) is 1.72. The van der Waals surface area contributed by atoms with Crippen LogP contribution < -0.4 is 19.1 Å². The summed E-state index contributed by atoms with van der Waals surface area (Å²) in [5, 5.41) is 21.3. The zero-order valence-corrected chi connectivity index (χ0v) is 26.9. The Bertz CT molecular complexity index is 1950. The number of imidazole rings is 1. The van der Waals surface area contributed by atoms with E-state index in [4.69, 9.17) is 25.8 Å². The number of pyridine rings is 1. The van der Waals surface area contributed by atoms with Crippen molar-refractivity contribution in [3.05, 3.63) is 93.9 Å². The minimum Gasteiger partial charge on any atom is -0.505 e. The number of fused-ring (bicyclic) bond motifs is 1. The van der Waals surface area contributed by atoms with E-state index in [0.29, 0.717) is 49.3 Å². The van der Waals surface area contributed by atoms with Crippen molar-refractivity contribution in [2.75, 3.05) is 26.2 Å². The quantitative estimate of drug-likeness (QED) is 0.0650. The zero-order valence-electron chi connectivity index (χ0n) is 24.5. The van der Waals surface area contributed by atoms with Crippen LogP contribution in [0.3, 0.4) is 0 Å². The maximum Gasteiger partial charge on any atom is 0.301 e. The third kappa shape index (κ3) is 5.47. The number of amides is 1. The Kier molecular flexibility index (Phi) is 8.40. The Morgan fingerprint density at radius 1 is 1.02 bits per heavy atom. The zero-order chi connectivity index (χ0) is 31.8. The summed E-state index contributed by atoms with van der Waals surface area (Å²) in [4.78, 5) is 33.4. The molecule has 3 aromatic heterocycles. The van der Waals surface area contributed by atoms with Gasteiger partial charge < -0.3 is 19.3 Å². The summed E-state index contributed by atoms with van der Waals surface area (Å²) in [5.74, 6) is -0.606. The molecule has 1 unspecified atom stereocenters. The predicted octanol–water partition coefficient (Wildman–Crippen LogP) is 6.09. The lowest BCUT2D eigenvalue weighted by atomic mass is 9.95. The van der Waals surface area contributed by atoms with Gasteiger partial charge in [-0.1, -0.05) is 52.9 Å². The number of hydrogen-bond donors (Lipinski definition) is 1. The number of carbonyl (C=O) groups is 2. The van der Waals surface area contributed by atoms with Crippen molar-refractivity contribution in [3.8, 4) is 17.2 Å². The van der Waals surface area contributed by atoms with Gasteiger partial charge in [0.05, 0.1) is 38.6 Å². The Balaban J connectivity index is 1.50. The molecule has 1 amide bonds. The van der Waals surface area contributed by atoms with Gasteiger partial charge in [0.1, 0.15) is 11.3 Å². The molecule has 0 spiro atoms. The number of ketones is 1. The van der Waals surface area contributed by atoms with Gasteiger partial charge in [0, 0.05) is 17.0 Å². The number of ether oxygens (including phenoxy) is 3. The molecule has 230 valence electrons. The fourth-order valence-corrected chi connectivity index (χ4v) is 7.16. The lowest BCUT2D eigenvalue weighted by Crippen LogP contribution is -2.29. The number of thioether (sulfide) groups is 1. The highest BCUT2D eigenvalue weighted by molar-refractivity contribution is 8.00. The first kappa shape index (κ1) is 30.4.